The summed E-state index contributed by atoms with van der Waals surface area (Å²) in [5, 5.41) is 3.95. The third-order valence-corrected chi connectivity index (χ3v) is 1.78. The van der Waals surface area contributed by atoms with E-state index in [4.69, 9.17) is 11.6 Å². The van der Waals surface area contributed by atoms with Gasteiger partial charge >= 0.3 is 0 Å². The number of fused-ring (bicyclic) bond motifs is 1. The van der Waals surface area contributed by atoms with Crippen molar-refractivity contribution in [2.24, 2.45) is 0 Å². The molecule has 1 aliphatic rings. The zero-order valence-electron chi connectivity index (χ0n) is 6.82. The fourth-order valence-electron chi connectivity index (χ4n) is 0.951. The molecule has 0 saturated heterocycles. The van der Waals surface area contributed by atoms with Gasteiger partial charge in [0.25, 0.3) is 0 Å². The van der Waals surface area contributed by atoms with Gasteiger partial charge in [-0.05, 0) is 17.7 Å². The van der Waals surface area contributed by atoms with E-state index in [-0.39, 0.29) is 0 Å². The monoisotopic (exact) mass is 169 g/mol. The minimum absolute atomic E-state index is 0.806. The first-order valence-electron chi connectivity index (χ1n) is 3.88. The largest absolute Gasteiger partial charge is 0.381 e. The Morgan fingerprint density at radius 2 is 2.09 bits per heavy atom. The highest BCUT2D eigenvalue weighted by molar-refractivity contribution is 6.30. The van der Waals surface area contributed by atoms with E-state index in [0.29, 0.717) is 0 Å². The van der Waals surface area contributed by atoms with Crippen LogP contribution in [0.5, 0.6) is 0 Å². The first-order valence-corrected chi connectivity index (χ1v) is 4.26. The van der Waals surface area contributed by atoms with Gasteiger partial charge in [-0.1, -0.05) is 31.5 Å². The average molecular weight is 170 g/mol. The molecule has 0 aliphatic carbocycles. The van der Waals surface area contributed by atoms with E-state index in [0.717, 1.165) is 11.6 Å². The molecular formula is C9H12ClN. The maximum absolute atomic E-state index is 5.71. The van der Waals surface area contributed by atoms with Gasteiger partial charge in [0.05, 0.1) is 0 Å². The van der Waals surface area contributed by atoms with Crippen LogP contribution in [0.15, 0.2) is 18.2 Å². The number of hydrogen-bond acceptors (Lipinski definition) is 1. The highest BCUT2D eigenvalue weighted by Crippen LogP contribution is 2.27. The van der Waals surface area contributed by atoms with E-state index >= 15 is 0 Å². The predicted octanol–water partition coefficient (Wildman–Crippen LogP) is 3.29. The molecule has 1 heterocycles. The number of halogens is 1. The second-order valence-electron chi connectivity index (χ2n) is 2.16. The molecule has 0 bridgehead atoms. The van der Waals surface area contributed by atoms with Crippen molar-refractivity contribution < 1.29 is 0 Å². The van der Waals surface area contributed by atoms with E-state index in [1.54, 1.807) is 0 Å². The summed E-state index contributed by atoms with van der Waals surface area (Å²) in [5.41, 5.74) is 2.54. The number of hydrogen-bond donors (Lipinski definition) is 1. The van der Waals surface area contributed by atoms with Crippen LogP contribution in [0.2, 0.25) is 5.02 Å². The minimum Gasteiger partial charge on any atom is -0.381 e. The fraction of sp³-hybridized carbons (Fsp3) is 0.333. The Balaban J connectivity index is 0.000000281. The summed E-state index contributed by atoms with van der Waals surface area (Å²) in [6, 6.07) is 5.91. The highest BCUT2D eigenvalue weighted by Gasteiger charge is 2.10. The van der Waals surface area contributed by atoms with Gasteiger partial charge in [0.15, 0.2) is 0 Å². The molecule has 1 aliphatic heterocycles. The van der Waals surface area contributed by atoms with Gasteiger partial charge in [-0.25, -0.2) is 0 Å². The van der Waals surface area contributed by atoms with Gasteiger partial charge < -0.3 is 5.32 Å². The van der Waals surface area contributed by atoms with Gasteiger partial charge in [-0.15, -0.1) is 0 Å². The first-order chi connectivity index (χ1) is 5.36. The average Bonchev–Trinajstić information content (AvgIpc) is 2.01. The Bertz CT molecular complexity index is 245. The first kappa shape index (κ1) is 8.41. The SMILES string of the molecule is CC.Clc1ccc2c(c1)NC2. The van der Waals surface area contributed by atoms with Crippen LogP contribution in [0.4, 0.5) is 5.69 Å². The van der Waals surface area contributed by atoms with Gasteiger partial charge in [0, 0.05) is 17.3 Å². The van der Waals surface area contributed by atoms with E-state index in [9.17, 15) is 0 Å². The van der Waals surface area contributed by atoms with Gasteiger partial charge in [-0.2, -0.15) is 0 Å². The summed E-state index contributed by atoms with van der Waals surface area (Å²) in [4.78, 5) is 0. The topological polar surface area (TPSA) is 12.0 Å². The fourth-order valence-corrected chi connectivity index (χ4v) is 1.12. The molecule has 60 valence electrons. The third-order valence-electron chi connectivity index (χ3n) is 1.54. The Morgan fingerprint density at radius 1 is 1.36 bits per heavy atom. The lowest BCUT2D eigenvalue weighted by Gasteiger charge is -2.20. The number of nitrogens with one attached hydrogen (secondary N) is 1. The van der Waals surface area contributed by atoms with Crippen molar-refractivity contribution in [3.8, 4) is 0 Å². The normalized spacial score (nSPS) is 11.5. The zero-order valence-corrected chi connectivity index (χ0v) is 7.57. The quantitative estimate of drug-likeness (QED) is 0.629. The molecule has 0 spiro atoms. The van der Waals surface area contributed by atoms with Crippen LogP contribution in [-0.4, -0.2) is 0 Å². The van der Waals surface area contributed by atoms with Crippen LogP contribution in [-0.2, 0) is 6.54 Å². The van der Waals surface area contributed by atoms with Gasteiger partial charge in [0.1, 0.15) is 0 Å². The Kier molecular flexibility index (Phi) is 2.77. The van der Waals surface area contributed by atoms with Crippen molar-refractivity contribution in [2.45, 2.75) is 20.4 Å². The second kappa shape index (κ2) is 3.63. The molecule has 1 aromatic carbocycles. The Hall–Kier alpha value is -0.690. The van der Waals surface area contributed by atoms with Crippen LogP contribution in [0.1, 0.15) is 19.4 Å². The Labute approximate surface area is 72.4 Å². The molecule has 2 heteroatoms. The number of anilines is 1. The smallest absolute Gasteiger partial charge is 0.0426 e. The van der Waals surface area contributed by atoms with Crippen LogP contribution in [0, 0.1) is 0 Å². The molecule has 0 fully saturated rings. The van der Waals surface area contributed by atoms with Crippen LogP contribution < -0.4 is 5.32 Å². The molecule has 0 atom stereocenters. The maximum Gasteiger partial charge on any atom is 0.0426 e. The van der Waals surface area contributed by atoms with Crippen LogP contribution >= 0.6 is 11.6 Å². The third kappa shape index (κ3) is 1.66. The molecular weight excluding hydrogens is 158 g/mol. The van der Waals surface area contributed by atoms with Gasteiger partial charge in [0.2, 0.25) is 0 Å². The summed E-state index contributed by atoms with van der Waals surface area (Å²) in [6.45, 7) is 4.99. The number of rotatable bonds is 0. The zero-order chi connectivity index (χ0) is 8.27. The highest BCUT2D eigenvalue weighted by atomic mass is 35.5. The van der Waals surface area contributed by atoms with Crippen molar-refractivity contribution in [1.82, 2.24) is 0 Å². The van der Waals surface area contributed by atoms with Crippen LogP contribution in [0.25, 0.3) is 0 Å². The Morgan fingerprint density at radius 3 is 2.45 bits per heavy atom. The van der Waals surface area contributed by atoms with E-state index in [1.807, 2.05) is 32.0 Å². The minimum atomic E-state index is 0.806. The standard InChI is InChI=1S/C7H6ClN.C2H6/c8-6-2-1-5-4-9-7(5)3-6;1-2/h1-3,9H,4H2;1-2H3. The van der Waals surface area contributed by atoms with E-state index in [2.05, 4.69) is 5.32 Å². The molecule has 11 heavy (non-hydrogen) atoms. The molecule has 1 aromatic rings. The van der Waals surface area contributed by atoms with Gasteiger partial charge in [-0.3, -0.25) is 0 Å². The summed E-state index contributed by atoms with van der Waals surface area (Å²) in [7, 11) is 0. The summed E-state index contributed by atoms with van der Waals surface area (Å²) < 4.78 is 0. The lowest BCUT2D eigenvalue weighted by atomic mass is 10.1. The molecule has 2 rings (SSSR count). The molecule has 0 saturated carbocycles. The molecule has 0 amide bonds. The number of benzene rings is 1. The van der Waals surface area contributed by atoms with Crippen molar-refractivity contribution in [3.63, 3.8) is 0 Å². The lowest BCUT2D eigenvalue weighted by molar-refractivity contribution is 1.05. The van der Waals surface area contributed by atoms with E-state index < -0.39 is 0 Å². The second-order valence-corrected chi connectivity index (χ2v) is 2.59. The predicted molar refractivity (Wildman–Crippen MR) is 50.1 cm³/mol. The molecule has 0 aromatic heterocycles. The van der Waals surface area contributed by atoms with Crippen molar-refractivity contribution in [3.05, 3.63) is 28.8 Å². The molecule has 1 nitrogen and oxygen atoms in total. The maximum atomic E-state index is 5.71. The van der Waals surface area contributed by atoms with Crippen molar-refractivity contribution in [1.29, 1.82) is 0 Å². The lowest BCUT2D eigenvalue weighted by Crippen LogP contribution is -2.12. The van der Waals surface area contributed by atoms with Crippen molar-refractivity contribution in [2.75, 3.05) is 5.32 Å². The molecule has 0 unspecified atom stereocenters. The summed E-state index contributed by atoms with van der Waals surface area (Å²) >= 11 is 5.71. The molecule has 0 radical (unpaired) electrons. The summed E-state index contributed by atoms with van der Waals surface area (Å²) in [6.07, 6.45) is 0. The van der Waals surface area contributed by atoms with Crippen molar-refractivity contribution >= 4 is 17.3 Å². The molecule has 1 N–H and O–H groups in total. The van der Waals surface area contributed by atoms with E-state index in [1.165, 1.54) is 11.3 Å². The van der Waals surface area contributed by atoms with Crippen LogP contribution in [0.3, 0.4) is 0 Å². The summed E-state index contributed by atoms with van der Waals surface area (Å²) in [5.74, 6) is 0.